The monoisotopic (exact) mass is 334 g/mol. The molecule has 1 aromatic carbocycles. The molecule has 0 bridgehead atoms. The molecule has 1 N–H and O–H groups in total. The standard InChI is InChI=1S/C16H19BrN2O/c1-4-20-15-9-14(7-5-11(15)2)19-12(3)13-6-8-16(17)18-10-13/h5-10,12,19H,4H2,1-3H3. The highest BCUT2D eigenvalue weighted by Gasteiger charge is 2.07. The normalized spacial score (nSPS) is 12.0. The van der Waals surface area contributed by atoms with E-state index in [1.54, 1.807) is 0 Å². The Morgan fingerprint density at radius 2 is 2.10 bits per heavy atom. The quantitative estimate of drug-likeness (QED) is 0.803. The molecular formula is C16H19BrN2O. The number of ether oxygens (including phenoxy) is 1. The highest BCUT2D eigenvalue weighted by molar-refractivity contribution is 9.10. The number of aromatic nitrogens is 1. The van der Waals surface area contributed by atoms with Crippen LogP contribution in [0.4, 0.5) is 5.69 Å². The van der Waals surface area contributed by atoms with E-state index in [0.717, 1.165) is 27.2 Å². The van der Waals surface area contributed by atoms with Gasteiger partial charge in [0.05, 0.1) is 12.6 Å². The summed E-state index contributed by atoms with van der Waals surface area (Å²) in [6, 6.07) is 10.4. The summed E-state index contributed by atoms with van der Waals surface area (Å²) >= 11 is 3.35. The molecule has 2 aromatic rings. The van der Waals surface area contributed by atoms with Crippen LogP contribution in [0.1, 0.15) is 31.0 Å². The summed E-state index contributed by atoms with van der Waals surface area (Å²) in [4.78, 5) is 4.25. The van der Waals surface area contributed by atoms with E-state index in [1.807, 2.05) is 25.3 Å². The van der Waals surface area contributed by atoms with Crippen molar-refractivity contribution in [2.45, 2.75) is 26.8 Å². The number of nitrogens with zero attached hydrogens (tertiary/aromatic N) is 1. The fraction of sp³-hybridized carbons (Fsp3) is 0.312. The molecule has 2 rings (SSSR count). The van der Waals surface area contributed by atoms with Crippen molar-refractivity contribution in [2.24, 2.45) is 0 Å². The summed E-state index contributed by atoms with van der Waals surface area (Å²) in [6.07, 6.45) is 1.87. The van der Waals surface area contributed by atoms with Crippen molar-refractivity contribution in [2.75, 3.05) is 11.9 Å². The van der Waals surface area contributed by atoms with Gasteiger partial charge in [-0.1, -0.05) is 12.1 Å². The van der Waals surface area contributed by atoms with E-state index in [4.69, 9.17) is 4.74 Å². The first-order valence-electron chi connectivity index (χ1n) is 6.71. The molecule has 1 atom stereocenters. The molecule has 1 aromatic heterocycles. The molecule has 0 amide bonds. The Kier molecular flexibility index (Phi) is 5.01. The molecule has 20 heavy (non-hydrogen) atoms. The van der Waals surface area contributed by atoms with Crippen LogP contribution in [0, 0.1) is 6.92 Å². The van der Waals surface area contributed by atoms with Gasteiger partial charge in [0.15, 0.2) is 0 Å². The molecule has 0 aliphatic carbocycles. The third-order valence-corrected chi connectivity index (χ3v) is 3.59. The van der Waals surface area contributed by atoms with Gasteiger partial charge in [-0.05, 0) is 60.0 Å². The summed E-state index contributed by atoms with van der Waals surface area (Å²) in [5, 5.41) is 3.47. The van der Waals surface area contributed by atoms with Crippen LogP contribution < -0.4 is 10.1 Å². The third-order valence-electron chi connectivity index (χ3n) is 3.12. The number of benzene rings is 1. The Labute approximate surface area is 128 Å². The lowest BCUT2D eigenvalue weighted by Crippen LogP contribution is -2.07. The summed E-state index contributed by atoms with van der Waals surface area (Å²) < 4.78 is 6.47. The van der Waals surface area contributed by atoms with E-state index in [1.165, 1.54) is 0 Å². The summed E-state index contributed by atoms with van der Waals surface area (Å²) in [7, 11) is 0. The van der Waals surface area contributed by atoms with Gasteiger partial charge < -0.3 is 10.1 Å². The summed E-state index contributed by atoms with van der Waals surface area (Å²) in [5.74, 6) is 0.929. The van der Waals surface area contributed by atoms with E-state index < -0.39 is 0 Å². The van der Waals surface area contributed by atoms with Gasteiger partial charge in [-0.2, -0.15) is 0 Å². The minimum Gasteiger partial charge on any atom is -0.494 e. The van der Waals surface area contributed by atoms with Crippen LogP contribution in [0.3, 0.4) is 0 Å². The van der Waals surface area contributed by atoms with Crippen LogP contribution in [-0.2, 0) is 0 Å². The molecule has 0 radical (unpaired) electrons. The minimum absolute atomic E-state index is 0.188. The molecule has 1 heterocycles. The van der Waals surface area contributed by atoms with Crippen molar-refractivity contribution >= 4 is 21.6 Å². The molecule has 0 spiro atoms. The first-order chi connectivity index (χ1) is 9.60. The fourth-order valence-corrected chi connectivity index (χ4v) is 2.21. The van der Waals surface area contributed by atoms with Gasteiger partial charge in [-0.3, -0.25) is 0 Å². The number of halogens is 1. The smallest absolute Gasteiger partial charge is 0.124 e. The maximum Gasteiger partial charge on any atom is 0.124 e. The van der Waals surface area contributed by atoms with Crippen LogP contribution >= 0.6 is 15.9 Å². The maximum absolute atomic E-state index is 5.62. The third kappa shape index (κ3) is 3.73. The van der Waals surface area contributed by atoms with Gasteiger partial charge in [0.2, 0.25) is 0 Å². The summed E-state index contributed by atoms with van der Waals surface area (Å²) in [5.41, 5.74) is 3.34. The molecule has 0 saturated heterocycles. The summed E-state index contributed by atoms with van der Waals surface area (Å²) in [6.45, 7) is 6.84. The second kappa shape index (κ2) is 6.75. The van der Waals surface area contributed by atoms with Crippen molar-refractivity contribution in [1.82, 2.24) is 4.98 Å². The fourth-order valence-electron chi connectivity index (χ4n) is 1.98. The molecule has 1 unspecified atom stereocenters. The highest BCUT2D eigenvalue weighted by Crippen LogP contribution is 2.26. The lowest BCUT2D eigenvalue weighted by Gasteiger charge is -2.17. The Bertz CT molecular complexity index is 569. The van der Waals surface area contributed by atoms with Crippen molar-refractivity contribution in [3.05, 3.63) is 52.3 Å². The largest absolute Gasteiger partial charge is 0.494 e. The average molecular weight is 335 g/mol. The predicted molar refractivity (Wildman–Crippen MR) is 86.3 cm³/mol. The lowest BCUT2D eigenvalue weighted by molar-refractivity contribution is 0.338. The second-order valence-electron chi connectivity index (χ2n) is 4.69. The van der Waals surface area contributed by atoms with Crippen molar-refractivity contribution < 1.29 is 4.74 Å². The van der Waals surface area contributed by atoms with Crippen LogP contribution in [0.2, 0.25) is 0 Å². The Balaban J connectivity index is 2.13. The van der Waals surface area contributed by atoms with E-state index in [2.05, 4.69) is 58.3 Å². The second-order valence-corrected chi connectivity index (χ2v) is 5.51. The Hall–Kier alpha value is -1.55. The molecule has 0 saturated carbocycles. The number of hydrogen-bond donors (Lipinski definition) is 1. The van der Waals surface area contributed by atoms with Gasteiger partial charge in [0.25, 0.3) is 0 Å². The lowest BCUT2D eigenvalue weighted by atomic mass is 10.1. The molecule has 3 nitrogen and oxygen atoms in total. The average Bonchev–Trinajstić information content (AvgIpc) is 2.43. The molecule has 0 fully saturated rings. The van der Waals surface area contributed by atoms with Crippen LogP contribution in [0.25, 0.3) is 0 Å². The zero-order chi connectivity index (χ0) is 14.5. The van der Waals surface area contributed by atoms with E-state index in [-0.39, 0.29) is 6.04 Å². The SMILES string of the molecule is CCOc1cc(NC(C)c2ccc(Br)nc2)ccc1C. The molecular weight excluding hydrogens is 316 g/mol. The molecule has 0 aliphatic rings. The van der Waals surface area contributed by atoms with Gasteiger partial charge in [-0.15, -0.1) is 0 Å². The molecule has 4 heteroatoms. The number of pyridine rings is 1. The minimum atomic E-state index is 0.188. The van der Waals surface area contributed by atoms with E-state index >= 15 is 0 Å². The molecule has 106 valence electrons. The number of anilines is 1. The van der Waals surface area contributed by atoms with Crippen molar-refractivity contribution in [1.29, 1.82) is 0 Å². The van der Waals surface area contributed by atoms with Crippen molar-refractivity contribution in [3.63, 3.8) is 0 Å². The first-order valence-corrected chi connectivity index (χ1v) is 7.51. The van der Waals surface area contributed by atoms with Gasteiger partial charge in [0, 0.05) is 18.0 Å². The van der Waals surface area contributed by atoms with E-state index in [0.29, 0.717) is 6.61 Å². The number of nitrogens with one attached hydrogen (secondary N) is 1. The maximum atomic E-state index is 5.62. The Morgan fingerprint density at radius 3 is 2.75 bits per heavy atom. The van der Waals surface area contributed by atoms with Crippen molar-refractivity contribution in [3.8, 4) is 5.75 Å². The van der Waals surface area contributed by atoms with Crippen LogP contribution in [-0.4, -0.2) is 11.6 Å². The Morgan fingerprint density at radius 1 is 1.30 bits per heavy atom. The number of rotatable bonds is 5. The number of aryl methyl sites for hydroxylation is 1. The van der Waals surface area contributed by atoms with Gasteiger partial charge in [-0.25, -0.2) is 4.98 Å². The zero-order valence-corrected chi connectivity index (χ0v) is 13.6. The topological polar surface area (TPSA) is 34.1 Å². The van der Waals surface area contributed by atoms with Crippen LogP contribution in [0.15, 0.2) is 41.1 Å². The van der Waals surface area contributed by atoms with Gasteiger partial charge in [0.1, 0.15) is 10.4 Å². The van der Waals surface area contributed by atoms with E-state index in [9.17, 15) is 0 Å². The zero-order valence-electron chi connectivity index (χ0n) is 12.0. The number of hydrogen-bond acceptors (Lipinski definition) is 3. The first kappa shape index (κ1) is 14.9. The highest BCUT2D eigenvalue weighted by atomic mass is 79.9. The predicted octanol–water partition coefficient (Wildman–Crippen LogP) is 4.72. The van der Waals surface area contributed by atoms with Crippen LogP contribution in [0.5, 0.6) is 5.75 Å². The molecule has 0 aliphatic heterocycles. The van der Waals surface area contributed by atoms with Gasteiger partial charge >= 0.3 is 0 Å².